The second kappa shape index (κ2) is 9.69. The van der Waals surface area contributed by atoms with Crippen LogP contribution < -0.4 is 5.32 Å². The Morgan fingerprint density at radius 1 is 1.10 bits per heavy atom. The maximum absolute atomic E-state index is 12.6. The van der Waals surface area contributed by atoms with Gasteiger partial charge in [0.25, 0.3) is 11.7 Å². The summed E-state index contributed by atoms with van der Waals surface area (Å²) in [5.74, 6) is -3.19. The van der Waals surface area contributed by atoms with E-state index in [4.69, 9.17) is 0 Å². The van der Waals surface area contributed by atoms with E-state index in [1.54, 1.807) is 12.1 Å². The molecule has 0 spiro atoms. The van der Waals surface area contributed by atoms with Gasteiger partial charge in [-0.25, -0.2) is 8.42 Å². The number of benzene rings is 2. The van der Waals surface area contributed by atoms with E-state index in [1.807, 2.05) is 24.3 Å². The first-order chi connectivity index (χ1) is 13.9. The average Bonchev–Trinajstić information content (AvgIpc) is 2.70. The van der Waals surface area contributed by atoms with Crippen LogP contribution in [0.25, 0.3) is 0 Å². The molecule has 0 saturated heterocycles. The van der Waals surface area contributed by atoms with Crippen LogP contribution in [-0.2, 0) is 23.0 Å². The molecule has 0 fully saturated rings. The van der Waals surface area contributed by atoms with Gasteiger partial charge >= 0.3 is 0 Å². The summed E-state index contributed by atoms with van der Waals surface area (Å²) >= 11 is 0.313. The van der Waals surface area contributed by atoms with Crippen LogP contribution in [0.1, 0.15) is 27.9 Å². The van der Waals surface area contributed by atoms with Crippen LogP contribution in [0.2, 0.25) is 0 Å². The molecule has 1 heterocycles. The standard InChI is InChI=1S/C20H22F2N2O3S2/c21-20(22)28-18-9-4-3-8-17(18)19(25)23-11-5-13-29(26,27)24-12-10-15-6-1-2-7-16(15)14-24/h1-4,6-9,20H,5,10-14H2,(H,23,25). The van der Waals surface area contributed by atoms with E-state index in [9.17, 15) is 22.0 Å². The average molecular weight is 441 g/mol. The number of amides is 1. The molecule has 0 atom stereocenters. The molecule has 0 unspecified atom stereocenters. The SMILES string of the molecule is O=C(NCCCS(=O)(=O)N1CCc2ccccc2C1)c1ccccc1SC(F)F. The van der Waals surface area contributed by atoms with Crippen LogP contribution in [0.4, 0.5) is 8.78 Å². The Hall–Kier alpha value is -1.97. The van der Waals surface area contributed by atoms with Crippen molar-refractivity contribution in [2.75, 3.05) is 18.8 Å². The van der Waals surface area contributed by atoms with Gasteiger partial charge in [0.2, 0.25) is 10.0 Å². The summed E-state index contributed by atoms with van der Waals surface area (Å²) in [6.45, 7) is 0.962. The first kappa shape index (κ1) is 21.7. The maximum atomic E-state index is 12.6. The largest absolute Gasteiger partial charge is 0.352 e. The Morgan fingerprint density at radius 2 is 1.79 bits per heavy atom. The fourth-order valence-electron chi connectivity index (χ4n) is 3.24. The Balaban J connectivity index is 1.51. The predicted molar refractivity (Wildman–Crippen MR) is 110 cm³/mol. The highest BCUT2D eigenvalue weighted by molar-refractivity contribution is 7.99. The Morgan fingerprint density at radius 3 is 2.55 bits per heavy atom. The number of hydrogen-bond acceptors (Lipinski definition) is 4. The van der Waals surface area contributed by atoms with Gasteiger partial charge < -0.3 is 5.32 Å². The van der Waals surface area contributed by atoms with Gasteiger partial charge in [-0.15, -0.1) is 0 Å². The number of thioether (sulfide) groups is 1. The number of hydrogen-bond donors (Lipinski definition) is 1. The Kier molecular flexibility index (Phi) is 7.26. The number of nitrogens with zero attached hydrogens (tertiary/aromatic N) is 1. The van der Waals surface area contributed by atoms with Crippen LogP contribution in [0.3, 0.4) is 0 Å². The number of nitrogens with one attached hydrogen (secondary N) is 1. The molecule has 2 aromatic carbocycles. The van der Waals surface area contributed by atoms with Crippen molar-refractivity contribution < 1.29 is 22.0 Å². The highest BCUT2D eigenvalue weighted by Gasteiger charge is 2.26. The van der Waals surface area contributed by atoms with E-state index in [1.165, 1.54) is 22.0 Å². The molecule has 1 aliphatic rings. The van der Waals surface area contributed by atoms with Crippen molar-refractivity contribution in [3.05, 3.63) is 65.2 Å². The molecule has 156 valence electrons. The fraction of sp³-hybridized carbons (Fsp3) is 0.350. The summed E-state index contributed by atoms with van der Waals surface area (Å²) in [6, 6.07) is 13.9. The minimum absolute atomic E-state index is 0.0805. The van der Waals surface area contributed by atoms with Crippen molar-refractivity contribution in [2.24, 2.45) is 0 Å². The van der Waals surface area contributed by atoms with Gasteiger partial charge in [-0.1, -0.05) is 48.2 Å². The van der Waals surface area contributed by atoms with Crippen molar-refractivity contribution in [3.63, 3.8) is 0 Å². The smallest absolute Gasteiger partial charge is 0.288 e. The number of alkyl halides is 2. The van der Waals surface area contributed by atoms with Crippen LogP contribution in [0.15, 0.2) is 53.4 Å². The number of carbonyl (C=O) groups is 1. The van der Waals surface area contributed by atoms with Gasteiger partial charge in [-0.2, -0.15) is 13.1 Å². The van der Waals surface area contributed by atoms with Crippen molar-refractivity contribution in [1.29, 1.82) is 0 Å². The molecule has 0 aromatic heterocycles. The van der Waals surface area contributed by atoms with E-state index >= 15 is 0 Å². The number of rotatable bonds is 8. The molecular weight excluding hydrogens is 418 g/mol. The van der Waals surface area contributed by atoms with Gasteiger partial charge in [0.05, 0.1) is 11.3 Å². The lowest BCUT2D eigenvalue weighted by molar-refractivity contribution is 0.0950. The molecule has 9 heteroatoms. The van der Waals surface area contributed by atoms with E-state index in [-0.39, 0.29) is 29.2 Å². The zero-order valence-corrected chi connectivity index (χ0v) is 17.3. The van der Waals surface area contributed by atoms with Gasteiger partial charge in [0.15, 0.2) is 0 Å². The fourth-order valence-corrected chi connectivity index (χ4v) is 5.35. The second-order valence-corrected chi connectivity index (χ2v) is 9.77. The number of halogens is 2. The van der Waals surface area contributed by atoms with E-state index in [2.05, 4.69) is 5.32 Å². The molecule has 29 heavy (non-hydrogen) atoms. The number of sulfonamides is 1. The highest BCUT2D eigenvalue weighted by Crippen LogP contribution is 2.28. The lowest BCUT2D eigenvalue weighted by atomic mass is 10.0. The minimum atomic E-state index is -3.43. The van der Waals surface area contributed by atoms with Gasteiger partial charge in [-0.3, -0.25) is 4.79 Å². The van der Waals surface area contributed by atoms with Crippen LogP contribution >= 0.6 is 11.8 Å². The Labute approximate surface area is 173 Å². The second-order valence-electron chi connectivity index (χ2n) is 6.65. The molecular formula is C20H22F2N2O3S2. The lowest BCUT2D eigenvalue weighted by Gasteiger charge is -2.28. The third kappa shape index (κ3) is 5.77. The van der Waals surface area contributed by atoms with Crippen LogP contribution in [0, 0.1) is 0 Å². The number of fused-ring (bicyclic) bond motifs is 1. The molecule has 1 N–H and O–H groups in total. The molecule has 2 aromatic rings. The van der Waals surface area contributed by atoms with Crippen LogP contribution in [-0.4, -0.2) is 43.2 Å². The third-order valence-electron chi connectivity index (χ3n) is 4.70. The highest BCUT2D eigenvalue weighted by atomic mass is 32.2. The monoisotopic (exact) mass is 440 g/mol. The predicted octanol–water partition coefficient (Wildman–Crippen LogP) is 3.51. The molecule has 1 aliphatic heterocycles. The molecule has 0 aliphatic carbocycles. The van der Waals surface area contributed by atoms with Crippen molar-refractivity contribution in [1.82, 2.24) is 9.62 Å². The van der Waals surface area contributed by atoms with Crippen molar-refractivity contribution in [2.45, 2.75) is 30.0 Å². The summed E-state index contributed by atoms with van der Waals surface area (Å²) in [5.41, 5.74) is 2.35. The molecule has 0 saturated carbocycles. The first-order valence-corrected chi connectivity index (χ1v) is 11.7. The van der Waals surface area contributed by atoms with Gasteiger partial charge in [-0.05, 0) is 36.1 Å². The maximum Gasteiger partial charge on any atom is 0.288 e. The minimum Gasteiger partial charge on any atom is -0.352 e. The summed E-state index contributed by atoms with van der Waals surface area (Å²) in [4.78, 5) is 12.5. The van der Waals surface area contributed by atoms with Crippen molar-refractivity contribution in [3.8, 4) is 0 Å². The first-order valence-electron chi connectivity index (χ1n) is 9.23. The quantitative estimate of drug-likeness (QED) is 0.504. The van der Waals surface area contributed by atoms with Gasteiger partial charge in [0, 0.05) is 24.5 Å². The topological polar surface area (TPSA) is 66.5 Å². The van der Waals surface area contributed by atoms with Gasteiger partial charge in [0.1, 0.15) is 0 Å². The van der Waals surface area contributed by atoms with E-state index in [0.29, 0.717) is 31.3 Å². The normalized spacial score (nSPS) is 14.6. The summed E-state index contributed by atoms with van der Waals surface area (Å²) in [6.07, 6.45) is 0.932. The van der Waals surface area contributed by atoms with Crippen molar-refractivity contribution >= 4 is 27.7 Å². The molecule has 0 radical (unpaired) electrons. The Bertz CT molecular complexity index is 968. The van der Waals surface area contributed by atoms with E-state index < -0.39 is 21.7 Å². The molecule has 1 amide bonds. The molecule has 5 nitrogen and oxygen atoms in total. The summed E-state index contributed by atoms with van der Waals surface area (Å²) < 4.78 is 52.0. The zero-order valence-electron chi connectivity index (χ0n) is 15.7. The molecule has 0 bridgehead atoms. The zero-order chi connectivity index (χ0) is 20.9. The van der Waals surface area contributed by atoms with Crippen LogP contribution in [0.5, 0.6) is 0 Å². The van der Waals surface area contributed by atoms with E-state index in [0.717, 1.165) is 5.56 Å². The number of carbonyl (C=O) groups excluding carboxylic acids is 1. The third-order valence-corrected chi connectivity index (χ3v) is 7.39. The molecule has 3 rings (SSSR count). The summed E-state index contributed by atoms with van der Waals surface area (Å²) in [5, 5.41) is 2.62. The lowest BCUT2D eigenvalue weighted by Crippen LogP contribution is -2.38. The summed E-state index contributed by atoms with van der Waals surface area (Å²) in [7, 11) is -3.43.